The van der Waals surface area contributed by atoms with Crippen molar-refractivity contribution in [3.63, 3.8) is 0 Å². The Kier molecular flexibility index (Phi) is 4.57. The van der Waals surface area contributed by atoms with Gasteiger partial charge in [0.15, 0.2) is 0 Å². The van der Waals surface area contributed by atoms with Crippen LogP contribution in [0.1, 0.15) is 32.1 Å². The van der Waals surface area contributed by atoms with Crippen LogP contribution >= 0.6 is 0 Å². The molecular formula is C18H23N3O3. The van der Waals surface area contributed by atoms with Crippen molar-refractivity contribution in [2.45, 2.75) is 44.2 Å². The van der Waals surface area contributed by atoms with Crippen molar-refractivity contribution in [1.82, 2.24) is 9.88 Å². The van der Waals surface area contributed by atoms with E-state index in [0.29, 0.717) is 18.5 Å². The normalized spacial score (nSPS) is 16.2. The number of amides is 2. The van der Waals surface area contributed by atoms with E-state index in [1.54, 1.807) is 7.05 Å². The number of fused-ring (bicyclic) bond motifs is 1. The number of hydrogen-bond acceptors (Lipinski definition) is 3. The van der Waals surface area contributed by atoms with E-state index in [9.17, 15) is 14.7 Å². The van der Waals surface area contributed by atoms with Crippen LogP contribution in [0.25, 0.3) is 10.9 Å². The monoisotopic (exact) mass is 329 g/mol. The van der Waals surface area contributed by atoms with Crippen molar-refractivity contribution in [1.29, 1.82) is 0 Å². The number of benzene rings is 1. The molecule has 1 aromatic carbocycles. The van der Waals surface area contributed by atoms with Crippen LogP contribution in [0, 0.1) is 0 Å². The smallest absolute Gasteiger partial charge is 0.239 e. The topological polar surface area (TPSA) is 83.4 Å². The molecule has 128 valence electrons. The lowest BCUT2D eigenvalue weighted by atomic mass is 9.97. The summed E-state index contributed by atoms with van der Waals surface area (Å²) in [5, 5.41) is 16.8. The second-order valence-corrected chi connectivity index (χ2v) is 6.55. The van der Waals surface area contributed by atoms with Gasteiger partial charge in [0, 0.05) is 18.9 Å². The van der Waals surface area contributed by atoms with Gasteiger partial charge in [0.2, 0.25) is 11.8 Å². The minimum absolute atomic E-state index is 0.0783. The van der Waals surface area contributed by atoms with Gasteiger partial charge in [-0.3, -0.25) is 9.59 Å². The fourth-order valence-corrected chi connectivity index (χ4v) is 3.35. The molecule has 3 rings (SSSR count). The first kappa shape index (κ1) is 16.5. The number of carbonyl (C=O) groups excluding carboxylic acids is 2. The van der Waals surface area contributed by atoms with Crippen LogP contribution in [0.2, 0.25) is 0 Å². The predicted octanol–water partition coefficient (Wildman–Crippen LogP) is 2.02. The van der Waals surface area contributed by atoms with Crippen LogP contribution < -0.4 is 10.6 Å². The average molecular weight is 329 g/mol. The molecule has 6 heteroatoms. The third-order valence-corrected chi connectivity index (χ3v) is 4.67. The number of aliphatic hydroxyl groups is 1. The molecule has 0 saturated heterocycles. The Bertz CT molecular complexity index is 760. The van der Waals surface area contributed by atoms with Crippen LogP contribution in [-0.2, 0) is 16.1 Å². The van der Waals surface area contributed by atoms with E-state index in [0.717, 1.165) is 23.7 Å². The summed E-state index contributed by atoms with van der Waals surface area (Å²) in [6.45, 7) is 0.233. The summed E-state index contributed by atoms with van der Waals surface area (Å²) < 4.78 is 1.84. The summed E-state index contributed by atoms with van der Waals surface area (Å²) >= 11 is 0. The Balaban J connectivity index is 1.73. The molecule has 2 aromatic rings. The lowest BCUT2D eigenvalue weighted by molar-refractivity contribution is -0.121. The van der Waals surface area contributed by atoms with Gasteiger partial charge in [-0.2, -0.15) is 0 Å². The number of hydrogen-bond donors (Lipinski definition) is 3. The highest BCUT2D eigenvalue weighted by atomic mass is 16.3. The zero-order chi connectivity index (χ0) is 17.2. The summed E-state index contributed by atoms with van der Waals surface area (Å²) in [5.74, 6) is -0.256. The summed E-state index contributed by atoms with van der Waals surface area (Å²) in [5.41, 5.74) is 0.704. The molecule has 0 radical (unpaired) electrons. The Morgan fingerprint density at radius 2 is 1.96 bits per heavy atom. The van der Waals surface area contributed by atoms with E-state index < -0.39 is 5.60 Å². The maximum atomic E-state index is 12.2. The quantitative estimate of drug-likeness (QED) is 0.785. The highest BCUT2D eigenvalue weighted by Gasteiger charge is 2.33. The lowest BCUT2D eigenvalue weighted by Gasteiger charge is -2.21. The Morgan fingerprint density at radius 1 is 1.21 bits per heavy atom. The van der Waals surface area contributed by atoms with E-state index in [-0.39, 0.29) is 24.8 Å². The number of nitrogens with one attached hydrogen (secondary N) is 2. The molecule has 0 spiro atoms. The van der Waals surface area contributed by atoms with Crippen LogP contribution in [0.4, 0.5) is 5.69 Å². The highest BCUT2D eigenvalue weighted by Crippen LogP contribution is 2.32. The van der Waals surface area contributed by atoms with Gasteiger partial charge in [0.1, 0.15) is 6.54 Å². The number of likely N-dealkylation sites (N-methyl/N-ethyl adjacent to an activating group) is 1. The number of aromatic nitrogens is 1. The van der Waals surface area contributed by atoms with E-state index in [2.05, 4.69) is 10.6 Å². The van der Waals surface area contributed by atoms with Gasteiger partial charge in [-0.05, 0) is 36.4 Å². The van der Waals surface area contributed by atoms with E-state index in [1.165, 1.54) is 0 Å². The van der Waals surface area contributed by atoms with Crippen molar-refractivity contribution in [3.8, 4) is 0 Å². The molecule has 3 N–H and O–H groups in total. The van der Waals surface area contributed by atoms with E-state index >= 15 is 0 Å². The van der Waals surface area contributed by atoms with Crippen molar-refractivity contribution in [2.24, 2.45) is 0 Å². The zero-order valence-electron chi connectivity index (χ0n) is 13.8. The highest BCUT2D eigenvalue weighted by molar-refractivity contribution is 5.94. The van der Waals surface area contributed by atoms with Gasteiger partial charge in [-0.25, -0.2) is 0 Å². The number of anilines is 1. The standard InChI is InChI=1S/C18H23N3O3/c1-19-17(23)12-21-9-6-13-4-5-14(10-15(13)21)20-16(22)11-18(24)7-2-3-8-18/h4-6,9-10,24H,2-3,7-8,11-12H2,1H3,(H,19,23)(H,20,22). The molecule has 2 amide bonds. The average Bonchev–Trinajstić information content (AvgIpc) is 3.14. The van der Waals surface area contributed by atoms with E-state index in [4.69, 9.17) is 0 Å². The van der Waals surface area contributed by atoms with Gasteiger partial charge < -0.3 is 20.3 Å². The molecule has 1 fully saturated rings. The van der Waals surface area contributed by atoms with Crippen LogP contribution in [0.5, 0.6) is 0 Å². The van der Waals surface area contributed by atoms with Crippen LogP contribution in [-0.4, -0.2) is 34.1 Å². The molecular weight excluding hydrogens is 306 g/mol. The fraction of sp³-hybridized carbons (Fsp3) is 0.444. The Hall–Kier alpha value is -2.34. The molecule has 0 bridgehead atoms. The van der Waals surface area contributed by atoms with Crippen molar-refractivity contribution >= 4 is 28.4 Å². The maximum absolute atomic E-state index is 12.2. The SMILES string of the molecule is CNC(=O)Cn1ccc2ccc(NC(=O)CC3(O)CCCC3)cc21. The number of carbonyl (C=O) groups is 2. The summed E-state index contributed by atoms with van der Waals surface area (Å²) in [6.07, 6.45) is 5.31. The summed E-state index contributed by atoms with van der Waals surface area (Å²) in [4.78, 5) is 23.8. The largest absolute Gasteiger partial charge is 0.389 e. The van der Waals surface area contributed by atoms with Gasteiger partial charge in [-0.1, -0.05) is 18.9 Å². The molecule has 24 heavy (non-hydrogen) atoms. The van der Waals surface area contributed by atoms with Crippen molar-refractivity contribution < 1.29 is 14.7 Å². The zero-order valence-corrected chi connectivity index (χ0v) is 13.8. The van der Waals surface area contributed by atoms with Crippen LogP contribution in [0.3, 0.4) is 0 Å². The molecule has 1 aliphatic carbocycles. The van der Waals surface area contributed by atoms with Gasteiger partial charge in [-0.15, -0.1) is 0 Å². The first-order valence-electron chi connectivity index (χ1n) is 8.31. The van der Waals surface area contributed by atoms with Crippen molar-refractivity contribution in [2.75, 3.05) is 12.4 Å². The number of nitrogens with zero attached hydrogens (tertiary/aromatic N) is 1. The number of rotatable bonds is 5. The summed E-state index contributed by atoms with van der Waals surface area (Å²) in [6, 6.07) is 7.54. The third-order valence-electron chi connectivity index (χ3n) is 4.67. The molecule has 0 unspecified atom stereocenters. The second-order valence-electron chi connectivity index (χ2n) is 6.55. The van der Waals surface area contributed by atoms with Gasteiger partial charge in [0.05, 0.1) is 17.5 Å². The maximum Gasteiger partial charge on any atom is 0.239 e. The molecule has 1 aromatic heterocycles. The predicted molar refractivity (Wildman–Crippen MR) is 92.7 cm³/mol. The molecule has 1 saturated carbocycles. The summed E-state index contributed by atoms with van der Waals surface area (Å²) in [7, 11) is 1.60. The Morgan fingerprint density at radius 3 is 2.67 bits per heavy atom. The molecule has 0 aliphatic heterocycles. The molecule has 1 heterocycles. The molecule has 6 nitrogen and oxygen atoms in total. The minimum Gasteiger partial charge on any atom is -0.389 e. The lowest BCUT2D eigenvalue weighted by Crippen LogP contribution is -2.30. The van der Waals surface area contributed by atoms with Crippen molar-refractivity contribution in [3.05, 3.63) is 30.5 Å². The molecule has 0 atom stereocenters. The molecule has 1 aliphatic rings. The van der Waals surface area contributed by atoms with Gasteiger partial charge >= 0.3 is 0 Å². The third kappa shape index (κ3) is 3.59. The fourth-order valence-electron chi connectivity index (χ4n) is 3.35. The second kappa shape index (κ2) is 6.65. The van der Waals surface area contributed by atoms with Gasteiger partial charge in [0.25, 0.3) is 0 Å². The van der Waals surface area contributed by atoms with E-state index in [1.807, 2.05) is 35.0 Å². The van der Waals surface area contributed by atoms with Crippen LogP contribution in [0.15, 0.2) is 30.5 Å². The minimum atomic E-state index is -0.854. The Labute approximate surface area is 140 Å². The first-order chi connectivity index (χ1) is 11.5. The first-order valence-corrected chi connectivity index (χ1v) is 8.31.